The Morgan fingerprint density at radius 2 is 1.71 bits per heavy atom. The first-order valence-corrected chi connectivity index (χ1v) is 9.45. The number of rotatable bonds is 5. The predicted molar refractivity (Wildman–Crippen MR) is 108 cm³/mol. The van der Waals surface area contributed by atoms with Gasteiger partial charge in [0, 0.05) is 17.3 Å². The Hall–Kier alpha value is -3.74. The molecule has 3 N–H and O–H groups in total. The van der Waals surface area contributed by atoms with E-state index in [2.05, 4.69) is 20.0 Å². The van der Waals surface area contributed by atoms with Crippen LogP contribution in [0.3, 0.4) is 0 Å². The quantitative estimate of drug-likeness (QED) is 0.356. The van der Waals surface area contributed by atoms with Gasteiger partial charge in [-0.05, 0) is 30.7 Å². The van der Waals surface area contributed by atoms with E-state index in [4.69, 9.17) is 10.5 Å². The normalized spacial score (nSPS) is 12.4. The zero-order valence-corrected chi connectivity index (χ0v) is 17.4. The van der Waals surface area contributed by atoms with Gasteiger partial charge in [0.15, 0.2) is 0 Å². The second kappa shape index (κ2) is 10.9. The average Bonchev–Trinajstić information content (AvgIpc) is 3.30. The van der Waals surface area contributed by atoms with E-state index < -0.39 is 42.4 Å². The minimum absolute atomic E-state index is 0.0926. The Labute approximate surface area is 188 Å². The minimum Gasteiger partial charge on any atom is -0.392 e. The molecule has 0 radical (unpaired) electrons. The summed E-state index contributed by atoms with van der Waals surface area (Å²) < 4.78 is 77.6. The van der Waals surface area contributed by atoms with Gasteiger partial charge in [0.05, 0.1) is 18.2 Å². The molecule has 1 amide bonds. The number of carbonyl (C=O) groups excluding carboxylic acids is 1. The minimum atomic E-state index is -4.70. The lowest BCUT2D eigenvalue weighted by Crippen LogP contribution is -2.33. The third kappa shape index (κ3) is 7.13. The molecule has 7 nitrogen and oxygen atoms in total. The first-order chi connectivity index (χ1) is 15.9. The van der Waals surface area contributed by atoms with Crippen molar-refractivity contribution in [3.8, 4) is 11.4 Å². The maximum absolute atomic E-state index is 12.4. The number of amides is 1. The molecular weight excluding hydrogens is 470 g/mol. The first-order valence-electron chi connectivity index (χ1n) is 9.45. The highest BCUT2D eigenvalue weighted by Gasteiger charge is 2.38. The summed E-state index contributed by atoms with van der Waals surface area (Å²) in [5.74, 6) is -2.04. The number of nitrogens with zero attached hydrogens (tertiary/aromatic N) is 2. The van der Waals surface area contributed by atoms with E-state index in [1.807, 2.05) is 0 Å². The molecule has 0 saturated heterocycles. The highest BCUT2D eigenvalue weighted by Crippen LogP contribution is 2.31. The Bertz CT molecular complexity index is 1110. The van der Waals surface area contributed by atoms with Gasteiger partial charge in [0.2, 0.25) is 5.82 Å². The highest BCUT2D eigenvalue weighted by molar-refractivity contribution is 5.96. The van der Waals surface area contributed by atoms with E-state index in [0.29, 0.717) is 5.56 Å². The monoisotopic (exact) mass is 488 g/mol. The van der Waals surface area contributed by atoms with Gasteiger partial charge in [0.25, 0.3) is 5.91 Å². The lowest BCUT2D eigenvalue weighted by Gasteiger charge is -2.09. The van der Waals surface area contributed by atoms with Crippen molar-refractivity contribution in [2.45, 2.75) is 31.9 Å². The van der Waals surface area contributed by atoms with Crippen LogP contribution in [0.15, 0.2) is 53.1 Å². The summed E-state index contributed by atoms with van der Waals surface area (Å²) in [7, 11) is 0. The fraction of sp³-hybridized carbons (Fsp3) is 0.238. The summed E-state index contributed by atoms with van der Waals surface area (Å²) in [5.41, 5.74) is -0.273. The van der Waals surface area contributed by atoms with Crippen molar-refractivity contribution in [2.75, 3.05) is 0 Å². The molecule has 0 fully saturated rings. The molecule has 2 aromatic carbocycles. The molecule has 1 atom stereocenters. The lowest BCUT2D eigenvalue weighted by atomic mass is 10.1. The summed E-state index contributed by atoms with van der Waals surface area (Å²) >= 11 is 0. The van der Waals surface area contributed by atoms with Crippen molar-refractivity contribution < 1.29 is 40.8 Å². The van der Waals surface area contributed by atoms with Gasteiger partial charge in [0.1, 0.15) is 0 Å². The third-order valence-electron chi connectivity index (χ3n) is 4.18. The van der Waals surface area contributed by atoms with E-state index >= 15 is 0 Å². The fourth-order valence-corrected chi connectivity index (χ4v) is 2.49. The van der Waals surface area contributed by atoms with Gasteiger partial charge in [-0.15, -0.1) is 0 Å². The summed E-state index contributed by atoms with van der Waals surface area (Å²) in [6.45, 7) is 1.05. The summed E-state index contributed by atoms with van der Waals surface area (Å²) in [4.78, 5) is 15.0. The number of aromatic nitrogens is 2. The van der Waals surface area contributed by atoms with Crippen molar-refractivity contribution in [1.29, 1.82) is 5.41 Å². The second-order valence-corrected chi connectivity index (χ2v) is 6.74. The standard InChI is InChI=1S/C13H11F3N4O2.C8H7F3O/c1-7(6-17)18-11(21)9-4-2-8(3-5-9)10-19-12(22-20-10)13(14,15)16;9-8(10,11)7-4-2-1-3-6(7)5-12/h2-7,17H,1H3,(H,18,21);1-4,12H,5H2. The number of carbonyl (C=O) groups is 1. The number of aliphatic hydroxyl groups is 1. The smallest absolute Gasteiger partial charge is 0.392 e. The fourth-order valence-electron chi connectivity index (χ4n) is 2.49. The molecular formula is C21H18F6N4O3. The molecule has 0 spiro atoms. The van der Waals surface area contributed by atoms with Gasteiger partial charge in [-0.25, -0.2) is 0 Å². The molecule has 182 valence electrons. The Balaban J connectivity index is 0.000000287. The summed E-state index contributed by atoms with van der Waals surface area (Å²) in [5, 5.41) is 21.4. The molecule has 0 aliphatic heterocycles. The molecule has 0 aliphatic carbocycles. The van der Waals surface area contributed by atoms with Crippen molar-refractivity contribution in [1.82, 2.24) is 15.5 Å². The first kappa shape index (κ1) is 26.5. The molecule has 0 bridgehead atoms. The third-order valence-corrected chi connectivity index (χ3v) is 4.18. The van der Waals surface area contributed by atoms with Crippen molar-refractivity contribution >= 4 is 12.1 Å². The van der Waals surface area contributed by atoms with Crippen molar-refractivity contribution in [2.24, 2.45) is 0 Å². The van der Waals surface area contributed by atoms with Crippen LogP contribution >= 0.6 is 0 Å². The van der Waals surface area contributed by atoms with Crippen LogP contribution < -0.4 is 5.32 Å². The van der Waals surface area contributed by atoms with Gasteiger partial charge >= 0.3 is 18.2 Å². The van der Waals surface area contributed by atoms with Crippen LogP contribution in [0.25, 0.3) is 11.4 Å². The lowest BCUT2D eigenvalue weighted by molar-refractivity contribution is -0.159. The summed E-state index contributed by atoms with van der Waals surface area (Å²) in [6, 6.07) is 10.2. The number of aliphatic hydroxyl groups excluding tert-OH is 1. The van der Waals surface area contributed by atoms with Crippen LogP contribution in [0.1, 0.15) is 34.3 Å². The number of benzene rings is 2. The molecule has 3 rings (SSSR count). The van der Waals surface area contributed by atoms with E-state index in [9.17, 15) is 31.1 Å². The van der Waals surface area contributed by atoms with Crippen LogP contribution in [-0.2, 0) is 19.0 Å². The maximum Gasteiger partial charge on any atom is 0.471 e. The number of hydrogen-bond donors (Lipinski definition) is 3. The highest BCUT2D eigenvalue weighted by atomic mass is 19.4. The largest absolute Gasteiger partial charge is 0.471 e. The summed E-state index contributed by atoms with van der Waals surface area (Å²) in [6.07, 6.45) is -8.00. The van der Waals surface area contributed by atoms with Gasteiger partial charge < -0.3 is 20.4 Å². The molecule has 1 heterocycles. The number of nitrogens with one attached hydrogen (secondary N) is 2. The predicted octanol–water partition coefficient (Wildman–Crippen LogP) is 4.72. The Morgan fingerprint density at radius 1 is 1.09 bits per heavy atom. The number of halogens is 6. The molecule has 3 aromatic rings. The van der Waals surface area contributed by atoms with Crippen LogP contribution in [0, 0.1) is 5.41 Å². The van der Waals surface area contributed by atoms with Crippen LogP contribution in [0.5, 0.6) is 0 Å². The van der Waals surface area contributed by atoms with E-state index in [1.165, 1.54) is 42.5 Å². The Morgan fingerprint density at radius 3 is 2.18 bits per heavy atom. The zero-order chi connectivity index (χ0) is 25.5. The van der Waals surface area contributed by atoms with Crippen LogP contribution in [0.4, 0.5) is 26.3 Å². The van der Waals surface area contributed by atoms with Gasteiger partial charge in [-0.1, -0.05) is 35.5 Å². The topological polar surface area (TPSA) is 112 Å². The van der Waals surface area contributed by atoms with Gasteiger partial charge in [-0.3, -0.25) is 4.79 Å². The Kier molecular flexibility index (Phi) is 8.51. The molecule has 13 heteroatoms. The molecule has 34 heavy (non-hydrogen) atoms. The molecule has 0 aliphatic rings. The van der Waals surface area contributed by atoms with Crippen LogP contribution in [-0.4, -0.2) is 33.4 Å². The molecule has 0 saturated carbocycles. The number of hydrogen-bond acceptors (Lipinski definition) is 6. The van der Waals surface area contributed by atoms with E-state index in [1.54, 1.807) is 6.92 Å². The maximum atomic E-state index is 12.4. The molecule has 1 aromatic heterocycles. The van der Waals surface area contributed by atoms with Crippen molar-refractivity contribution in [3.63, 3.8) is 0 Å². The second-order valence-electron chi connectivity index (χ2n) is 6.74. The zero-order valence-electron chi connectivity index (χ0n) is 17.4. The SMILES string of the molecule is CC(C=N)NC(=O)c1ccc(-c2noc(C(F)(F)F)n2)cc1.OCc1ccccc1C(F)(F)F. The average molecular weight is 488 g/mol. The van der Waals surface area contributed by atoms with Crippen molar-refractivity contribution in [3.05, 3.63) is 71.1 Å². The molecule has 1 unspecified atom stereocenters. The number of alkyl halides is 6. The van der Waals surface area contributed by atoms with E-state index in [-0.39, 0.29) is 17.0 Å². The van der Waals surface area contributed by atoms with Gasteiger partial charge in [-0.2, -0.15) is 31.3 Å². The van der Waals surface area contributed by atoms with E-state index in [0.717, 1.165) is 12.3 Å². The van der Waals surface area contributed by atoms with Crippen LogP contribution in [0.2, 0.25) is 0 Å².